The molecule has 24 heavy (non-hydrogen) atoms. The fraction of sp³-hybridized carbons (Fsp3) is 0.200. The Morgan fingerprint density at radius 3 is 2.62 bits per heavy atom. The van der Waals surface area contributed by atoms with Crippen molar-refractivity contribution in [1.29, 1.82) is 5.26 Å². The Balaban J connectivity index is 0.00000288. The van der Waals surface area contributed by atoms with Crippen LogP contribution in [0.1, 0.15) is 10.5 Å². The zero-order valence-corrected chi connectivity index (χ0v) is 19.8. The van der Waals surface area contributed by atoms with Gasteiger partial charge in [0.15, 0.2) is 0 Å². The van der Waals surface area contributed by atoms with E-state index in [4.69, 9.17) is 0 Å². The maximum absolute atomic E-state index is 13.9. The molecule has 9 heteroatoms. The van der Waals surface area contributed by atoms with E-state index in [0.717, 1.165) is 0 Å². The number of carbonyl (C=O) groups is 1. The van der Waals surface area contributed by atoms with Crippen molar-refractivity contribution in [2.75, 3.05) is 21.1 Å². The van der Waals surface area contributed by atoms with Crippen LogP contribution in [0, 0.1) is 17.1 Å². The van der Waals surface area contributed by atoms with E-state index in [1.165, 1.54) is 28.4 Å². The fourth-order valence-electron chi connectivity index (χ4n) is 2.13. The van der Waals surface area contributed by atoms with Gasteiger partial charge in [-0.15, -0.1) is 12.7 Å². The molecule has 1 aromatic heterocycles. The topological polar surface area (TPSA) is 63.1 Å². The zero-order valence-electron chi connectivity index (χ0n) is 13.7. The number of carbonyl (C=O) groups excluding carboxylic acids is 1. The van der Waals surface area contributed by atoms with Crippen molar-refractivity contribution in [2.45, 2.75) is 0 Å². The molecule has 120 valence electrons. The van der Waals surface area contributed by atoms with Crippen molar-refractivity contribution in [3.8, 4) is 6.07 Å². The van der Waals surface area contributed by atoms with E-state index in [-0.39, 0.29) is 62.6 Å². The molecule has 2 aromatic rings. The van der Waals surface area contributed by atoms with Crippen molar-refractivity contribution in [1.82, 2.24) is 8.87 Å². The first kappa shape index (κ1) is 21.9. The van der Waals surface area contributed by atoms with E-state index in [9.17, 15) is 14.4 Å². The maximum atomic E-state index is 13.9. The van der Waals surface area contributed by atoms with Crippen LogP contribution in [-0.4, -0.2) is 35.8 Å². The van der Waals surface area contributed by atoms with Gasteiger partial charge < -0.3 is 10.2 Å². The van der Waals surface area contributed by atoms with Gasteiger partial charge in [0.1, 0.15) is 23.2 Å². The molecular weight excluding hydrogens is 469 g/mol. The summed E-state index contributed by atoms with van der Waals surface area (Å²) >= 11 is 2.04. The van der Waals surface area contributed by atoms with E-state index in [1.54, 1.807) is 35.1 Å². The molecule has 1 aromatic carbocycles. The predicted molar refractivity (Wildman–Crippen MR) is 99.6 cm³/mol. The molecule has 0 spiro atoms. The summed E-state index contributed by atoms with van der Waals surface area (Å²) in [6.45, 7) is 0. The number of fused-ring (bicyclic) bond motifs is 1. The van der Waals surface area contributed by atoms with Gasteiger partial charge in [-0.1, -0.05) is 0 Å². The van der Waals surface area contributed by atoms with Gasteiger partial charge in [0.2, 0.25) is 5.78 Å². The van der Waals surface area contributed by atoms with Crippen LogP contribution in [0.2, 0.25) is 0 Å². The minimum Gasteiger partial charge on any atom is -0.684 e. The van der Waals surface area contributed by atoms with Crippen LogP contribution in [0.3, 0.4) is 0 Å². The number of hydrogen-bond acceptors (Lipinski definition) is 4. The van der Waals surface area contributed by atoms with Gasteiger partial charge in [0, 0.05) is 56.0 Å². The van der Waals surface area contributed by atoms with E-state index >= 15 is 0 Å². The molecule has 0 aliphatic carbocycles. The van der Waals surface area contributed by atoms with Crippen LogP contribution in [-0.2, 0) is 0 Å². The van der Waals surface area contributed by atoms with Crippen molar-refractivity contribution < 1.29 is 60.6 Å². The summed E-state index contributed by atoms with van der Waals surface area (Å²) in [6.07, 6.45) is 1.47. The van der Waals surface area contributed by atoms with Crippen LogP contribution in [0.25, 0.3) is 16.2 Å². The number of benzene rings is 1. The summed E-state index contributed by atoms with van der Waals surface area (Å²) in [5.74, 6) is -0.851. The summed E-state index contributed by atoms with van der Waals surface area (Å²) in [7, 11) is 6.26. The second-order valence-corrected chi connectivity index (χ2v) is 6.61. The number of rotatable bonds is 5. The Morgan fingerprint density at radius 1 is 1.46 bits per heavy atom. The van der Waals surface area contributed by atoms with E-state index in [1.807, 2.05) is 27.3 Å². The first-order valence-electron chi connectivity index (χ1n) is 6.49. The van der Waals surface area contributed by atoms with Gasteiger partial charge in [-0.25, -0.2) is 4.39 Å². The van der Waals surface area contributed by atoms with Gasteiger partial charge in [0.25, 0.3) is 0 Å². The number of nitriles is 1. The van der Waals surface area contributed by atoms with Gasteiger partial charge in [-0.3, -0.25) is 8.77 Å². The van der Waals surface area contributed by atoms with Crippen LogP contribution >= 0.6 is 30.3 Å². The third-order valence-electron chi connectivity index (χ3n) is 3.12. The summed E-state index contributed by atoms with van der Waals surface area (Å²) in [5.41, 5.74) is 1.25. The van der Waals surface area contributed by atoms with Gasteiger partial charge in [0.05, 0.1) is 5.52 Å². The Labute approximate surface area is 198 Å². The molecular formula is C15H13FIKN4OS. The smallest absolute Gasteiger partial charge is 0.684 e. The number of nitrogens with zero attached hydrogens (tertiary/aromatic N) is 4. The summed E-state index contributed by atoms with van der Waals surface area (Å²) in [6, 6.07) is 6.44. The zero-order chi connectivity index (χ0) is 17.1. The number of halogens is 2. The molecule has 0 aliphatic rings. The molecule has 0 unspecified atom stereocenters. The van der Waals surface area contributed by atoms with Crippen molar-refractivity contribution in [3.05, 3.63) is 46.8 Å². The van der Waals surface area contributed by atoms with Crippen LogP contribution in [0.15, 0.2) is 30.0 Å². The molecule has 2 rings (SSSR count). The number of Topliss-reactive ketones (excluding diaryl/α,β-unsaturated/α-hetero) is 1. The molecule has 0 fully saturated rings. The second-order valence-electron chi connectivity index (χ2n) is 4.93. The molecule has 0 atom stereocenters. The third-order valence-corrected chi connectivity index (χ3v) is 4.83. The quantitative estimate of drug-likeness (QED) is 0.213. The predicted octanol–water partition coefficient (Wildman–Crippen LogP) is 1.42. The summed E-state index contributed by atoms with van der Waals surface area (Å²) in [5, 5.41) is 13.7. The monoisotopic (exact) mass is 482 g/mol. The molecule has 0 N–H and O–H groups in total. The molecule has 0 amide bonds. The molecule has 0 bridgehead atoms. The van der Waals surface area contributed by atoms with E-state index < -0.39 is 11.6 Å². The van der Waals surface area contributed by atoms with Crippen LogP contribution < -0.4 is 51.4 Å². The standard InChI is InChI=1S/C15H14FIN4OS.K/c1-19-12-6-13-9(4-11(12)16)5-14(21(13)23-17)15(22)10(7-18)8-20(2)3;/h4-6,8H,1-3H3,(H,19,22);/q;+1/p-1/b10-8+;. The SMILES string of the molecule is C[N-]c1cc2c(cc1F)cc(C(=O)/C(C#N)=C/N(C)C)n2SI.[K+]. The Hall–Kier alpha value is -0.0936. The number of allylic oxidation sites excluding steroid dienone is 1. The average molecular weight is 482 g/mol. The van der Waals surface area contributed by atoms with E-state index in [0.29, 0.717) is 16.6 Å². The minimum atomic E-state index is -0.445. The Morgan fingerprint density at radius 2 is 2.12 bits per heavy atom. The molecule has 0 saturated heterocycles. The first-order valence-corrected chi connectivity index (χ1v) is 9.81. The Kier molecular flexibility index (Phi) is 8.74. The summed E-state index contributed by atoms with van der Waals surface area (Å²) < 4.78 is 15.6. The van der Waals surface area contributed by atoms with Crippen molar-refractivity contribution in [2.24, 2.45) is 0 Å². The van der Waals surface area contributed by atoms with Gasteiger partial charge in [-0.2, -0.15) is 5.26 Å². The van der Waals surface area contributed by atoms with Gasteiger partial charge >= 0.3 is 51.4 Å². The fourth-order valence-corrected chi connectivity index (χ4v) is 3.85. The number of ketones is 1. The van der Waals surface area contributed by atoms with Crippen LogP contribution in [0.4, 0.5) is 10.1 Å². The summed E-state index contributed by atoms with van der Waals surface area (Å²) in [4.78, 5) is 14.3. The molecule has 1 heterocycles. The normalized spacial score (nSPS) is 10.9. The van der Waals surface area contributed by atoms with Crippen LogP contribution in [0.5, 0.6) is 0 Å². The largest absolute Gasteiger partial charge is 1.00 e. The second kappa shape index (κ2) is 9.56. The van der Waals surface area contributed by atoms with Crippen molar-refractivity contribution in [3.63, 3.8) is 0 Å². The van der Waals surface area contributed by atoms with Crippen molar-refractivity contribution >= 4 is 52.7 Å². The third kappa shape index (κ3) is 4.54. The molecule has 0 aliphatic heterocycles. The number of hydrogen-bond donors (Lipinski definition) is 0. The maximum Gasteiger partial charge on any atom is 1.00 e. The Bertz CT molecular complexity index is 844. The van der Waals surface area contributed by atoms with Gasteiger partial charge in [-0.05, 0) is 18.2 Å². The first-order chi connectivity index (χ1) is 10.9. The van der Waals surface area contributed by atoms with E-state index in [2.05, 4.69) is 5.32 Å². The number of aromatic nitrogens is 1. The minimum absolute atomic E-state index is 0. The molecule has 0 saturated carbocycles. The molecule has 5 nitrogen and oxygen atoms in total. The average Bonchev–Trinajstić information content (AvgIpc) is 2.87. The molecule has 0 radical (unpaired) electrons.